The first-order valence-electron chi connectivity index (χ1n) is 9.79. The van der Waals surface area contributed by atoms with Crippen molar-refractivity contribution in [2.24, 2.45) is 0 Å². The molecule has 162 valence electrons. The molecule has 0 saturated carbocycles. The second-order valence-electron chi connectivity index (χ2n) is 7.32. The molecule has 6 nitrogen and oxygen atoms in total. The minimum Gasteiger partial charge on any atom is -0.340 e. The van der Waals surface area contributed by atoms with Crippen LogP contribution in [0.5, 0.6) is 0 Å². The molecule has 30 heavy (non-hydrogen) atoms. The summed E-state index contributed by atoms with van der Waals surface area (Å²) in [5, 5.41) is 0. The monoisotopic (exact) mass is 437 g/mol. The van der Waals surface area contributed by atoms with E-state index in [4.69, 9.17) is 0 Å². The Bertz CT molecular complexity index is 1000. The topological polar surface area (TPSA) is 69.7 Å². The lowest BCUT2D eigenvalue weighted by Gasteiger charge is -2.25. The van der Waals surface area contributed by atoms with Gasteiger partial charge in [-0.1, -0.05) is 30.3 Å². The lowest BCUT2D eigenvalue weighted by atomic mass is 10.2. The standard InChI is InChI=1S/C21H25F2N3O3S/c1-16(24-30(28,29)20-10-5-4-9-19(20)23)21(27)26-12-6-11-25(13-14-26)15-17-7-2-3-8-18(17)22/h2-5,7-10,16,24H,6,11-15H2,1H3/t16-/m0/s1. The van der Waals surface area contributed by atoms with Gasteiger partial charge in [-0.25, -0.2) is 17.2 Å². The normalized spacial score (nSPS) is 16.8. The number of carbonyl (C=O) groups excluding carboxylic acids is 1. The van der Waals surface area contributed by atoms with E-state index in [9.17, 15) is 22.0 Å². The SMILES string of the molecule is C[C@H](NS(=O)(=O)c1ccccc1F)C(=O)N1CCCN(Cc2ccccc2F)CC1. The van der Waals surface area contributed by atoms with Gasteiger partial charge in [0, 0.05) is 38.3 Å². The molecule has 1 N–H and O–H groups in total. The number of nitrogens with one attached hydrogen (secondary N) is 1. The molecule has 1 fully saturated rings. The Morgan fingerprint density at radius 1 is 1.00 bits per heavy atom. The molecule has 1 heterocycles. The number of sulfonamides is 1. The molecule has 0 bridgehead atoms. The zero-order valence-corrected chi connectivity index (χ0v) is 17.5. The summed E-state index contributed by atoms with van der Waals surface area (Å²) in [5.74, 6) is -1.50. The van der Waals surface area contributed by atoms with Crippen LogP contribution in [-0.4, -0.2) is 56.3 Å². The van der Waals surface area contributed by atoms with E-state index in [1.165, 1.54) is 25.1 Å². The smallest absolute Gasteiger partial charge is 0.244 e. The maximum absolute atomic E-state index is 13.9. The van der Waals surface area contributed by atoms with Gasteiger partial charge in [0.05, 0.1) is 6.04 Å². The molecule has 1 atom stereocenters. The van der Waals surface area contributed by atoms with Crippen molar-refractivity contribution >= 4 is 15.9 Å². The van der Waals surface area contributed by atoms with Crippen LogP contribution in [0, 0.1) is 11.6 Å². The van der Waals surface area contributed by atoms with Crippen molar-refractivity contribution in [1.29, 1.82) is 0 Å². The maximum atomic E-state index is 13.9. The van der Waals surface area contributed by atoms with Gasteiger partial charge < -0.3 is 4.90 Å². The molecule has 0 aromatic heterocycles. The van der Waals surface area contributed by atoms with Crippen molar-refractivity contribution in [2.75, 3.05) is 26.2 Å². The summed E-state index contributed by atoms with van der Waals surface area (Å²) in [6, 6.07) is 10.6. The second-order valence-corrected chi connectivity index (χ2v) is 9.00. The Balaban J connectivity index is 1.60. The largest absolute Gasteiger partial charge is 0.340 e. The number of rotatable bonds is 6. The number of hydrogen-bond acceptors (Lipinski definition) is 4. The van der Waals surface area contributed by atoms with Crippen LogP contribution in [0.2, 0.25) is 0 Å². The molecule has 0 radical (unpaired) electrons. The van der Waals surface area contributed by atoms with Gasteiger partial charge in [-0.15, -0.1) is 0 Å². The number of benzene rings is 2. The molecule has 1 aliphatic heterocycles. The highest BCUT2D eigenvalue weighted by atomic mass is 32.2. The van der Waals surface area contributed by atoms with E-state index in [2.05, 4.69) is 9.62 Å². The first-order chi connectivity index (χ1) is 14.3. The van der Waals surface area contributed by atoms with E-state index in [1.807, 2.05) is 0 Å². The quantitative estimate of drug-likeness (QED) is 0.753. The molecule has 3 rings (SSSR count). The molecular formula is C21H25F2N3O3S. The third-order valence-electron chi connectivity index (χ3n) is 5.08. The number of halogens is 2. The Morgan fingerprint density at radius 3 is 2.37 bits per heavy atom. The minimum atomic E-state index is -4.16. The minimum absolute atomic E-state index is 0.258. The van der Waals surface area contributed by atoms with Crippen LogP contribution in [0.3, 0.4) is 0 Å². The Kier molecular flexibility index (Phi) is 7.17. The van der Waals surface area contributed by atoms with Gasteiger partial charge >= 0.3 is 0 Å². The van der Waals surface area contributed by atoms with Gasteiger partial charge in [0.1, 0.15) is 16.5 Å². The molecule has 0 unspecified atom stereocenters. The predicted molar refractivity (Wildman–Crippen MR) is 109 cm³/mol. The summed E-state index contributed by atoms with van der Waals surface area (Å²) in [6.07, 6.45) is 0.687. The van der Waals surface area contributed by atoms with E-state index in [1.54, 1.807) is 23.1 Å². The number of carbonyl (C=O) groups is 1. The maximum Gasteiger partial charge on any atom is 0.244 e. The summed E-state index contributed by atoms with van der Waals surface area (Å²) in [7, 11) is -4.16. The number of amides is 1. The Labute approximate surface area is 175 Å². The van der Waals surface area contributed by atoms with Crippen LogP contribution in [0.4, 0.5) is 8.78 Å². The molecule has 0 aliphatic carbocycles. The summed E-state index contributed by atoms with van der Waals surface area (Å²) in [6.45, 7) is 4.02. The lowest BCUT2D eigenvalue weighted by molar-refractivity contribution is -0.132. The highest BCUT2D eigenvalue weighted by molar-refractivity contribution is 7.89. The van der Waals surface area contributed by atoms with Crippen LogP contribution in [0.1, 0.15) is 18.9 Å². The third kappa shape index (κ3) is 5.41. The van der Waals surface area contributed by atoms with E-state index < -0.39 is 26.8 Å². The van der Waals surface area contributed by atoms with E-state index in [0.717, 1.165) is 12.1 Å². The molecular weight excluding hydrogens is 412 g/mol. The lowest BCUT2D eigenvalue weighted by Crippen LogP contribution is -2.48. The van der Waals surface area contributed by atoms with Crippen LogP contribution in [0.15, 0.2) is 53.4 Å². The number of nitrogens with zero attached hydrogens (tertiary/aromatic N) is 2. The molecule has 1 amide bonds. The summed E-state index contributed by atoms with van der Waals surface area (Å²) in [5.41, 5.74) is 0.600. The van der Waals surface area contributed by atoms with E-state index in [-0.39, 0.29) is 11.7 Å². The van der Waals surface area contributed by atoms with E-state index in [0.29, 0.717) is 44.7 Å². The van der Waals surface area contributed by atoms with Gasteiger partial charge in [0.15, 0.2) is 0 Å². The average molecular weight is 438 g/mol. The van der Waals surface area contributed by atoms with Crippen LogP contribution < -0.4 is 4.72 Å². The summed E-state index contributed by atoms with van der Waals surface area (Å²) >= 11 is 0. The molecule has 0 spiro atoms. The predicted octanol–water partition coefficient (Wildman–Crippen LogP) is 2.37. The zero-order chi connectivity index (χ0) is 21.7. The van der Waals surface area contributed by atoms with Gasteiger partial charge in [-0.05, 0) is 31.5 Å². The van der Waals surface area contributed by atoms with Crippen molar-refractivity contribution in [2.45, 2.75) is 30.8 Å². The molecule has 1 saturated heterocycles. The molecule has 2 aromatic carbocycles. The van der Waals surface area contributed by atoms with Crippen molar-refractivity contribution < 1.29 is 22.0 Å². The van der Waals surface area contributed by atoms with Gasteiger partial charge in [-0.3, -0.25) is 9.69 Å². The molecule has 9 heteroatoms. The highest BCUT2D eigenvalue weighted by Gasteiger charge is 2.28. The zero-order valence-electron chi connectivity index (χ0n) is 16.7. The molecule has 1 aliphatic rings. The van der Waals surface area contributed by atoms with Gasteiger partial charge in [0.25, 0.3) is 0 Å². The Morgan fingerprint density at radius 2 is 1.67 bits per heavy atom. The van der Waals surface area contributed by atoms with Crippen molar-refractivity contribution in [3.8, 4) is 0 Å². The molecule has 2 aromatic rings. The fourth-order valence-electron chi connectivity index (χ4n) is 3.50. The fraction of sp³-hybridized carbons (Fsp3) is 0.381. The van der Waals surface area contributed by atoms with Crippen LogP contribution in [0.25, 0.3) is 0 Å². The Hall–Kier alpha value is -2.36. The number of hydrogen-bond donors (Lipinski definition) is 1. The van der Waals surface area contributed by atoms with Gasteiger partial charge in [0.2, 0.25) is 15.9 Å². The second kappa shape index (κ2) is 9.63. The van der Waals surface area contributed by atoms with Gasteiger partial charge in [-0.2, -0.15) is 4.72 Å². The fourth-order valence-corrected chi connectivity index (χ4v) is 4.78. The first kappa shape index (κ1) is 22.3. The van der Waals surface area contributed by atoms with Crippen molar-refractivity contribution in [3.63, 3.8) is 0 Å². The first-order valence-corrected chi connectivity index (χ1v) is 11.3. The van der Waals surface area contributed by atoms with E-state index >= 15 is 0 Å². The van der Waals surface area contributed by atoms with Crippen molar-refractivity contribution in [3.05, 3.63) is 65.7 Å². The summed E-state index contributed by atoms with van der Waals surface area (Å²) in [4.78, 5) is 16.0. The van der Waals surface area contributed by atoms with Crippen molar-refractivity contribution in [1.82, 2.24) is 14.5 Å². The summed E-state index contributed by atoms with van der Waals surface area (Å²) < 4.78 is 54.9. The van der Waals surface area contributed by atoms with Crippen LogP contribution >= 0.6 is 0 Å². The highest BCUT2D eigenvalue weighted by Crippen LogP contribution is 2.15. The average Bonchev–Trinajstić information content (AvgIpc) is 2.94. The van der Waals surface area contributed by atoms with Crippen LogP contribution in [-0.2, 0) is 21.4 Å². The third-order valence-corrected chi connectivity index (χ3v) is 6.65.